The molecule has 3 aromatic rings. The van der Waals surface area contributed by atoms with Gasteiger partial charge in [0.15, 0.2) is 0 Å². The monoisotopic (exact) mass is 251 g/mol. The second kappa shape index (κ2) is 4.86. The van der Waals surface area contributed by atoms with Gasteiger partial charge < -0.3 is 15.5 Å². The maximum atomic E-state index is 5.65. The zero-order chi connectivity index (χ0) is 13.1. The summed E-state index contributed by atoms with van der Waals surface area (Å²) >= 11 is 0. The first-order valence-electron chi connectivity index (χ1n) is 5.97. The van der Waals surface area contributed by atoms with E-state index in [1.54, 1.807) is 0 Å². The molecule has 0 unspecified atom stereocenters. The van der Waals surface area contributed by atoms with Gasteiger partial charge in [0.05, 0.1) is 0 Å². The lowest BCUT2D eigenvalue weighted by Gasteiger charge is -2.04. The number of para-hydroxylation sites is 1. The number of benzene rings is 2. The summed E-state index contributed by atoms with van der Waals surface area (Å²) in [5, 5.41) is 3.18. The Bertz CT molecular complexity index is 662. The van der Waals surface area contributed by atoms with Crippen LogP contribution in [-0.2, 0) is 0 Å². The standard InChI is InChI=1S/C15H13N3O/c16-15-18-13(11-7-3-1-4-8-11)14(19-15)17-12-9-5-2-6-10-12/h1-10,17H,(H2,16,18). The maximum Gasteiger partial charge on any atom is 0.294 e. The Kier molecular flexibility index (Phi) is 2.90. The molecule has 94 valence electrons. The molecule has 19 heavy (non-hydrogen) atoms. The van der Waals surface area contributed by atoms with Crippen molar-refractivity contribution in [2.24, 2.45) is 0 Å². The Labute approximate surface area is 110 Å². The van der Waals surface area contributed by atoms with Crippen molar-refractivity contribution in [3.63, 3.8) is 0 Å². The van der Waals surface area contributed by atoms with Crippen LogP contribution in [0.4, 0.5) is 17.6 Å². The lowest BCUT2D eigenvalue weighted by atomic mass is 10.1. The van der Waals surface area contributed by atoms with Crippen LogP contribution in [0, 0.1) is 0 Å². The van der Waals surface area contributed by atoms with Crippen molar-refractivity contribution in [1.82, 2.24) is 4.98 Å². The van der Waals surface area contributed by atoms with Crippen LogP contribution in [-0.4, -0.2) is 4.98 Å². The average Bonchev–Trinajstić information content (AvgIpc) is 2.82. The van der Waals surface area contributed by atoms with E-state index in [1.807, 2.05) is 60.7 Å². The summed E-state index contributed by atoms with van der Waals surface area (Å²) in [6, 6.07) is 19.7. The van der Waals surface area contributed by atoms with E-state index >= 15 is 0 Å². The Morgan fingerprint density at radius 1 is 0.895 bits per heavy atom. The van der Waals surface area contributed by atoms with E-state index in [1.165, 1.54) is 0 Å². The number of oxazole rings is 1. The van der Waals surface area contributed by atoms with E-state index in [9.17, 15) is 0 Å². The molecular weight excluding hydrogens is 238 g/mol. The zero-order valence-corrected chi connectivity index (χ0v) is 10.2. The first-order valence-corrected chi connectivity index (χ1v) is 5.97. The van der Waals surface area contributed by atoms with Crippen LogP contribution in [0.3, 0.4) is 0 Å². The van der Waals surface area contributed by atoms with Gasteiger partial charge in [-0.15, -0.1) is 0 Å². The van der Waals surface area contributed by atoms with E-state index in [2.05, 4.69) is 10.3 Å². The molecule has 3 N–H and O–H groups in total. The zero-order valence-electron chi connectivity index (χ0n) is 10.2. The quantitative estimate of drug-likeness (QED) is 0.745. The average molecular weight is 251 g/mol. The fourth-order valence-corrected chi connectivity index (χ4v) is 1.87. The number of nitrogens with two attached hydrogens (primary N) is 1. The summed E-state index contributed by atoms with van der Waals surface area (Å²) in [6.45, 7) is 0. The Morgan fingerprint density at radius 2 is 1.53 bits per heavy atom. The van der Waals surface area contributed by atoms with E-state index in [4.69, 9.17) is 10.2 Å². The second-order valence-electron chi connectivity index (χ2n) is 4.09. The highest BCUT2D eigenvalue weighted by molar-refractivity contribution is 5.75. The third-order valence-electron chi connectivity index (χ3n) is 2.72. The van der Waals surface area contributed by atoms with Gasteiger partial charge in [-0.1, -0.05) is 48.5 Å². The van der Waals surface area contributed by atoms with Crippen molar-refractivity contribution in [3.8, 4) is 11.3 Å². The molecule has 0 saturated carbocycles. The van der Waals surface area contributed by atoms with Crippen LogP contribution in [0.2, 0.25) is 0 Å². The van der Waals surface area contributed by atoms with Gasteiger partial charge in [-0.2, -0.15) is 4.98 Å². The molecule has 3 rings (SSSR count). The number of rotatable bonds is 3. The summed E-state index contributed by atoms with van der Waals surface area (Å²) in [6.07, 6.45) is 0. The number of hydrogen-bond donors (Lipinski definition) is 2. The predicted octanol–water partition coefficient (Wildman–Crippen LogP) is 3.67. The second-order valence-corrected chi connectivity index (χ2v) is 4.09. The number of nitrogen functional groups attached to an aromatic ring is 1. The minimum atomic E-state index is 0.150. The lowest BCUT2D eigenvalue weighted by molar-refractivity contribution is 0.598. The maximum absolute atomic E-state index is 5.65. The number of anilines is 3. The van der Waals surface area contributed by atoms with Gasteiger partial charge >= 0.3 is 0 Å². The van der Waals surface area contributed by atoms with E-state index in [0.29, 0.717) is 11.6 Å². The van der Waals surface area contributed by atoms with Crippen molar-refractivity contribution >= 4 is 17.6 Å². The lowest BCUT2D eigenvalue weighted by Crippen LogP contribution is -1.90. The molecule has 0 aliphatic heterocycles. The predicted molar refractivity (Wildman–Crippen MR) is 76.1 cm³/mol. The number of nitrogens with one attached hydrogen (secondary N) is 1. The minimum Gasteiger partial charge on any atom is -0.407 e. The summed E-state index contributed by atoms with van der Waals surface area (Å²) in [4.78, 5) is 4.23. The van der Waals surface area contributed by atoms with Gasteiger partial charge in [0, 0.05) is 11.3 Å². The summed E-state index contributed by atoms with van der Waals surface area (Å²) in [5.41, 5.74) is 8.25. The Hall–Kier alpha value is -2.75. The normalized spacial score (nSPS) is 10.3. The van der Waals surface area contributed by atoms with Crippen molar-refractivity contribution in [1.29, 1.82) is 0 Å². The molecule has 4 heteroatoms. The molecule has 4 nitrogen and oxygen atoms in total. The van der Waals surface area contributed by atoms with Gasteiger partial charge in [-0.25, -0.2) is 0 Å². The highest BCUT2D eigenvalue weighted by Gasteiger charge is 2.13. The first-order chi connectivity index (χ1) is 9.33. The molecule has 0 bridgehead atoms. The molecule has 0 amide bonds. The van der Waals surface area contributed by atoms with Gasteiger partial charge in [-0.3, -0.25) is 0 Å². The SMILES string of the molecule is Nc1nc(-c2ccccc2)c(Nc2ccccc2)o1. The van der Waals surface area contributed by atoms with E-state index in [-0.39, 0.29) is 6.01 Å². The van der Waals surface area contributed by atoms with E-state index in [0.717, 1.165) is 11.3 Å². The van der Waals surface area contributed by atoms with Crippen LogP contribution in [0.5, 0.6) is 0 Å². The van der Waals surface area contributed by atoms with Gasteiger partial charge in [0.1, 0.15) is 5.69 Å². The largest absolute Gasteiger partial charge is 0.407 e. The van der Waals surface area contributed by atoms with Crippen molar-refractivity contribution in [2.75, 3.05) is 11.1 Å². The van der Waals surface area contributed by atoms with Crippen molar-refractivity contribution in [2.45, 2.75) is 0 Å². The molecule has 2 aromatic carbocycles. The van der Waals surface area contributed by atoms with Crippen LogP contribution in [0.25, 0.3) is 11.3 Å². The van der Waals surface area contributed by atoms with Gasteiger partial charge in [-0.05, 0) is 12.1 Å². The van der Waals surface area contributed by atoms with Crippen molar-refractivity contribution in [3.05, 3.63) is 60.7 Å². The number of nitrogens with zero attached hydrogens (tertiary/aromatic N) is 1. The third kappa shape index (κ3) is 2.42. The molecule has 0 fully saturated rings. The fourth-order valence-electron chi connectivity index (χ4n) is 1.87. The summed E-state index contributed by atoms with van der Waals surface area (Å²) in [5.74, 6) is 0.551. The Morgan fingerprint density at radius 3 is 2.21 bits per heavy atom. The van der Waals surface area contributed by atoms with Crippen LogP contribution < -0.4 is 11.1 Å². The highest BCUT2D eigenvalue weighted by atomic mass is 16.4. The third-order valence-corrected chi connectivity index (χ3v) is 2.72. The number of aromatic nitrogens is 1. The molecule has 0 saturated heterocycles. The number of hydrogen-bond acceptors (Lipinski definition) is 4. The topological polar surface area (TPSA) is 64.1 Å². The molecule has 0 aliphatic carbocycles. The summed E-state index contributed by atoms with van der Waals surface area (Å²) < 4.78 is 5.43. The van der Waals surface area contributed by atoms with Crippen molar-refractivity contribution < 1.29 is 4.42 Å². The molecular formula is C15H13N3O. The highest BCUT2D eigenvalue weighted by Crippen LogP contribution is 2.31. The molecule has 1 heterocycles. The molecule has 1 aromatic heterocycles. The smallest absolute Gasteiger partial charge is 0.294 e. The van der Waals surface area contributed by atoms with Crippen LogP contribution in [0.15, 0.2) is 65.1 Å². The van der Waals surface area contributed by atoms with Crippen LogP contribution in [0.1, 0.15) is 0 Å². The summed E-state index contributed by atoms with van der Waals surface area (Å²) in [7, 11) is 0. The Balaban J connectivity index is 1.99. The van der Waals surface area contributed by atoms with Crippen LogP contribution >= 0.6 is 0 Å². The van der Waals surface area contributed by atoms with Gasteiger partial charge in [0.25, 0.3) is 6.01 Å². The molecule has 0 radical (unpaired) electrons. The van der Waals surface area contributed by atoms with Gasteiger partial charge in [0.2, 0.25) is 5.88 Å². The molecule has 0 aliphatic rings. The molecule has 0 atom stereocenters. The van der Waals surface area contributed by atoms with E-state index < -0.39 is 0 Å². The first kappa shape index (κ1) is 11.3. The fraction of sp³-hybridized carbons (Fsp3) is 0. The molecule has 0 spiro atoms. The minimum absolute atomic E-state index is 0.150.